The van der Waals surface area contributed by atoms with Gasteiger partial charge in [-0.3, -0.25) is 9.48 Å². The van der Waals surface area contributed by atoms with Gasteiger partial charge in [-0.15, -0.1) is 12.4 Å². The average Bonchev–Trinajstić information content (AvgIpc) is 2.89. The van der Waals surface area contributed by atoms with Gasteiger partial charge in [0.1, 0.15) is 0 Å². The Kier molecular flexibility index (Phi) is 5.42. The van der Waals surface area contributed by atoms with E-state index < -0.39 is 0 Å². The summed E-state index contributed by atoms with van der Waals surface area (Å²) in [5.74, 6) is 0.235. The first kappa shape index (κ1) is 16.8. The molecule has 1 aromatic heterocycles. The third-order valence-corrected chi connectivity index (χ3v) is 4.21. The van der Waals surface area contributed by atoms with Gasteiger partial charge in [0, 0.05) is 29.6 Å². The summed E-state index contributed by atoms with van der Waals surface area (Å²) >= 11 is 0. The molecule has 1 saturated heterocycles. The van der Waals surface area contributed by atoms with Crippen LogP contribution in [0.15, 0.2) is 24.4 Å². The molecule has 120 valence electrons. The van der Waals surface area contributed by atoms with Crippen molar-refractivity contribution >= 4 is 34.9 Å². The zero-order valence-electron chi connectivity index (χ0n) is 13.0. The molecule has 1 aliphatic heterocycles. The van der Waals surface area contributed by atoms with Crippen LogP contribution < -0.4 is 10.6 Å². The molecular formula is C16H23ClN4O. The number of aryl methyl sites for hydroxylation is 1. The summed E-state index contributed by atoms with van der Waals surface area (Å²) in [5, 5.41) is 11.9. The fourth-order valence-electron chi connectivity index (χ4n) is 3.01. The molecule has 0 unspecified atom stereocenters. The largest absolute Gasteiger partial charge is 0.326 e. The summed E-state index contributed by atoms with van der Waals surface area (Å²) in [6.07, 6.45) is 3.67. The Labute approximate surface area is 136 Å². The lowest BCUT2D eigenvalue weighted by Crippen LogP contribution is -2.40. The Morgan fingerprint density at radius 3 is 3.05 bits per heavy atom. The van der Waals surface area contributed by atoms with Crippen LogP contribution in [-0.2, 0) is 11.3 Å². The number of nitrogens with one attached hydrogen (secondary N) is 2. The van der Waals surface area contributed by atoms with E-state index >= 15 is 0 Å². The molecule has 3 rings (SSSR count). The molecule has 2 N–H and O–H groups in total. The lowest BCUT2D eigenvalue weighted by molar-refractivity contribution is -0.120. The second kappa shape index (κ2) is 7.11. The minimum absolute atomic E-state index is 0. The molecule has 0 radical (unpaired) electrons. The number of benzene rings is 1. The van der Waals surface area contributed by atoms with Crippen molar-refractivity contribution in [1.29, 1.82) is 0 Å². The van der Waals surface area contributed by atoms with Gasteiger partial charge < -0.3 is 10.6 Å². The van der Waals surface area contributed by atoms with Crippen molar-refractivity contribution in [2.45, 2.75) is 39.3 Å². The number of hydrogen-bond donors (Lipinski definition) is 2. The summed E-state index contributed by atoms with van der Waals surface area (Å²) in [6.45, 7) is 5.94. The van der Waals surface area contributed by atoms with Crippen molar-refractivity contribution in [2.75, 3.05) is 11.9 Å². The van der Waals surface area contributed by atoms with E-state index in [4.69, 9.17) is 0 Å². The lowest BCUT2D eigenvalue weighted by atomic mass is 9.92. The molecule has 1 amide bonds. The van der Waals surface area contributed by atoms with Crippen LogP contribution in [0, 0.1) is 5.92 Å². The summed E-state index contributed by atoms with van der Waals surface area (Å²) in [7, 11) is 0. The molecule has 0 aliphatic carbocycles. The van der Waals surface area contributed by atoms with Crippen molar-refractivity contribution in [2.24, 2.45) is 5.92 Å². The van der Waals surface area contributed by atoms with E-state index in [-0.39, 0.29) is 24.2 Å². The number of amides is 1. The number of halogens is 1. The first-order chi connectivity index (χ1) is 10.2. The Morgan fingerprint density at radius 2 is 2.32 bits per heavy atom. The van der Waals surface area contributed by atoms with E-state index in [9.17, 15) is 4.79 Å². The van der Waals surface area contributed by atoms with E-state index in [1.165, 1.54) is 0 Å². The number of carbonyl (C=O) groups excluding carboxylic acids is 1. The van der Waals surface area contributed by atoms with Gasteiger partial charge in [-0.25, -0.2) is 0 Å². The second-order valence-electron chi connectivity index (χ2n) is 5.80. The van der Waals surface area contributed by atoms with E-state index in [0.29, 0.717) is 6.04 Å². The lowest BCUT2D eigenvalue weighted by Gasteiger charge is -2.27. The average molecular weight is 323 g/mol. The van der Waals surface area contributed by atoms with Crippen LogP contribution in [0.4, 0.5) is 5.69 Å². The molecule has 5 nitrogen and oxygen atoms in total. The number of rotatable bonds is 3. The molecule has 0 saturated carbocycles. The Bertz CT molecular complexity index is 655. The van der Waals surface area contributed by atoms with E-state index in [0.717, 1.165) is 42.5 Å². The van der Waals surface area contributed by atoms with Gasteiger partial charge in [-0.2, -0.15) is 5.10 Å². The molecule has 2 aromatic rings. The van der Waals surface area contributed by atoms with Gasteiger partial charge in [0.2, 0.25) is 5.91 Å². The molecule has 1 fully saturated rings. The highest BCUT2D eigenvalue weighted by atomic mass is 35.5. The maximum absolute atomic E-state index is 12.4. The summed E-state index contributed by atoms with van der Waals surface area (Å²) < 4.78 is 1.94. The Balaban J connectivity index is 0.00000176. The standard InChI is InChI=1S/C16H22N4O.ClH/c1-3-20-15-9-14(5-4-13(15)10-18-20)19-16(21)12-6-7-17-11(2)8-12;/h4-5,9-12,17H,3,6-8H2,1-2H3,(H,19,21);1H/t11-,12-;/m0./s1. The number of piperidine rings is 1. The zero-order valence-corrected chi connectivity index (χ0v) is 13.8. The predicted molar refractivity (Wildman–Crippen MR) is 91.5 cm³/mol. The van der Waals surface area contributed by atoms with Crippen LogP contribution in [0.2, 0.25) is 0 Å². The minimum atomic E-state index is 0. The van der Waals surface area contributed by atoms with Crippen molar-refractivity contribution in [3.63, 3.8) is 0 Å². The van der Waals surface area contributed by atoms with Crippen LogP contribution in [0.5, 0.6) is 0 Å². The van der Waals surface area contributed by atoms with Crippen molar-refractivity contribution < 1.29 is 4.79 Å². The van der Waals surface area contributed by atoms with Crippen molar-refractivity contribution in [1.82, 2.24) is 15.1 Å². The number of carbonyl (C=O) groups is 1. The maximum atomic E-state index is 12.4. The van der Waals surface area contributed by atoms with Gasteiger partial charge in [-0.05, 0) is 51.4 Å². The topological polar surface area (TPSA) is 59.0 Å². The summed E-state index contributed by atoms with van der Waals surface area (Å²) in [5.41, 5.74) is 1.92. The SMILES string of the molecule is CCn1ncc2ccc(NC(=O)[C@H]3CCN[C@@H](C)C3)cc21.Cl. The van der Waals surface area contributed by atoms with Crippen LogP contribution >= 0.6 is 12.4 Å². The first-order valence-corrected chi connectivity index (χ1v) is 7.67. The minimum Gasteiger partial charge on any atom is -0.326 e. The normalized spacial score (nSPS) is 21.4. The number of aromatic nitrogens is 2. The monoisotopic (exact) mass is 322 g/mol. The molecule has 0 bridgehead atoms. The van der Waals surface area contributed by atoms with Crippen LogP contribution in [0.1, 0.15) is 26.7 Å². The summed E-state index contributed by atoms with van der Waals surface area (Å²) in [6, 6.07) is 6.38. The van der Waals surface area contributed by atoms with E-state index in [1.807, 2.05) is 29.1 Å². The number of fused-ring (bicyclic) bond motifs is 1. The number of anilines is 1. The second-order valence-corrected chi connectivity index (χ2v) is 5.80. The van der Waals surface area contributed by atoms with Crippen molar-refractivity contribution in [3.05, 3.63) is 24.4 Å². The Hall–Kier alpha value is -1.59. The maximum Gasteiger partial charge on any atom is 0.227 e. The predicted octanol–water partition coefficient (Wildman–Crippen LogP) is 2.80. The molecule has 1 aromatic carbocycles. The van der Waals surface area contributed by atoms with Gasteiger partial charge in [0.15, 0.2) is 0 Å². The number of nitrogens with zero attached hydrogens (tertiary/aromatic N) is 2. The highest BCUT2D eigenvalue weighted by molar-refractivity contribution is 5.95. The molecule has 0 spiro atoms. The molecular weight excluding hydrogens is 300 g/mol. The molecule has 22 heavy (non-hydrogen) atoms. The smallest absolute Gasteiger partial charge is 0.227 e. The molecule has 2 heterocycles. The molecule has 6 heteroatoms. The third kappa shape index (κ3) is 3.42. The molecule has 2 atom stereocenters. The van der Waals surface area contributed by atoms with Gasteiger partial charge in [-0.1, -0.05) is 0 Å². The van der Waals surface area contributed by atoms with Crippen LogP contribution in [-0.4, -0.2) is 28.3 Å². The fraction of sp³-hybridized carbons (Fsp3) is 0.500. The van der Waals surface area contributed by atoms with Crippen molar-refractivity contribution in [3.8, 4) is 0 Å². The van der Waals surface area contributed by atoms with Gasteiger partial charge >= 0.3 is 0 Å². The highest BCUT2D eigenvalue weighted by Gasteiger charge is 2.24. The van der Waals surface area contributed by atoms with Crippen LogP contribution in [0.25, 0.3) is 10.9 Å². The van der Waals surface area contributed by atoms with E-state index in [2.05, 4.69) is 29.6 Å². The summed E-state index contributed by atoms with van der Waals surface area (Å²) in [4.78, 5) is 12.4. The highest BCUT2D eigenvalue weighted by Crippen LogP contribution is 2.22. The zero-order chi connectivity index (χ0) is 14.8. The Morgan fingerprint density at radius 1 is 1.50 bits per heavy atom. The van der Waals surface area contributed by atoms with Crippen LogP contribution in [0.3, 0.4) is 0 Å². The third-order valence-electron chi connectivity index (χ3n) is 4.21. The fourth-order valence-corrected chi connectivity index (χ4v) is 3.01. The molecule has 1 aliphatic rings. The van der Waals surface area contributed by atoms with Gasteiger partial charge in [0.05, 0.1) is 11.7 Å². The number of hydrogen-bond acceptors (Lipinski definition) is 3. The van der Waals surface area contributed by atoms with Gasteiger partial charge in [0.25, 0.3) is 0 Å². The van der Waals surface area contributed by atoms with E-state index in [1.54, 1.807) is 0 Å². The first-order valence-electron chi connectivity index (χ1n) is 7.67. The quantitative estimate of drug-likeness (QED) is 0.913.